The van der Waals surface area contributed by atoms with Crippen molar-refractivity contribution in [2.24, 2.45) is 0 Å². The highest BCUT2D eigenvalue weighted by atomic mass is 32.2. The lowest BCUT2D eigenvalue weighted by Gasteiger charge is -2.23. The Morgan fingerprint density at radius 1 is 1.42 bits per heavy atom. The second kappa shape index (κ2) is 6.10. The van der Waals surface area contributed by atoms with Gasteiger partial charge in [-0.3, -0.25) is 0 Å². The second-order valence-corrected chi connectivity index (χ2v) is 6.00. The Labute approximate surface area is 117 Å². The van der Waals surface area contributed by atoms with E-state index in [1.165, 1.54) is 35.6 Å². The molecule has 1 aromatic heterocycles. The SMILES string of the molecule is c1cc(Cn2cncn2)cc(NC2CCCSC2)c1. The molecule has 1 aliphatic heterocycles. The maximum absolute atomic E-state index is 4.14. The number of nitrogens with one attached hydrogen (secondary N) is 1. The normalized spacial score (nSPS) is 19.3. The molecule has 0 spiro atoms. The molecule has 19 heavy (non-hydrogen) atoms. The van der Waals surface area contributed by atoms with Crippen LogP contribution in [-0.2, 0) is 6.54 Å². The van der Waals surface area contributed by atoms with Crippen LogP contribution in [0.5, 0.6) is 0 Å². The molecule has 1 saturated heterocycles. The first kappa shape index (κ1) is 12.5. The van der Waals surface area contributed by atoms with Gasteiger partial charge in [-0.2, -0.15) is 16.9 Å². The molecule has 2 heterocycles. The van der Waals surface area contributed by atoms with Gasteiger partial charge in [0, 0.05) is 17.5 Å². The number of thioether (sulfide) groups is 1. The summed E-state index contributed by atoms with van der Waals surface area (Å²) in [5.74, 6) is 2.53. The maximum atomic E-state index is 4.14. The van der Waals surface area contributed by atoms with Gasteiger partial charge < -0.3 is 5.32 Å². The molecule has 1 unspecified atom stereocenters. The van der Waals surface area contributed by atoms with Crippen molar-refractivity contribution in [1.29, 1.82) is 0 Å². The Morgan fingerprint density at radius 3 is 3.21 bits per heavy atom. The van der Waals surface area contributed by atoms with Gasteiger partial charge in [0.1, 0.15) is 12.7 Å². The van der Waals surface area contributed by atoms with E-state index in [1.807, 2.05) is 16.4 Å². The van der Waals surface area contributed by atoms with Crippen molar-refractivity contribution in [2.75, 3.05) is 16.8 Å². The van der Waals surface area contributed by atoms with Gasteiger partial charge in [-0.1, -0.05) is 12.1 Å². The Bertz CT molecular complexity index is 506. The lowest BCUT2D eigenvalue weighted by atomic mass is 10.1. The van der Waals surface area contributed by atoms with E-state index in [0.717, 1.165) is 6.54 Å². The summed E-state index contributed by atoms with van der Waals surface area (Å²) < 4.78 is 1.84. The summed E-state index contributed by atoms with van der Waals surface area (Å²) in [6, 6.07) is 9.19. The molecule has 0 amide bonds. The van der Waals surface area contributed by atoms with E-state index in [9.17, 15) is 0 Å². The quantitative estimate of drug-likeness (QED) is 0.930. The first-order chi connectivity index (χ1) is 9.40. The Hall–Kier alpha value is -1.49. The van der Waals surface area contributed by atoms with E-state index in [-0.39, 0.29) is 0 Å². The molecule has 100 valence electrons. The summed E-state index contributed by atoms with van der Waals surface area (Å²) in [6.07, 6.45) is 5.92. The molecular weight excluding hydrogens is 256 g/mol. The fourth-order valence-corrected chi connectivity index (χ4v) is 3.42. The van der Waals surface area contributed by atoms with Gasteiger partial charge in [-0.15, -0.1) is 0 Å². The van der Waals surface area contributed by atoms with Gasteiger partial charge in [0.15, 0.2) is 0 Å². The third kappa shape index (κ3) is 3.50. The molecule has 1 fully saturated rings. The van der Waals surface area contributed by atoms with Crippen LogP contribution < -0.4 is 5.32 Å². The van der Waals surface area contributed by atoms with Gasteiger partial charge >= 0.3 is 0 Å². The van der Waals surface area contributed by atoms with E-state index in [2.05, 4.69) is 39.7 Å². The minimum atomic E-state index is 0.611. The predicted octanol–water partition coefficient (Wildman–Crippen LogP) is 2.63. The number of rotatable bonds is 4. The van der Waals surface area contributed by atoms with Gasteiger partial charge in [0.2, 0.25) is 0 Å². The van der Waals surface area contributed by atoms with E-state index in [1.54, 1.807) is 12.7 Å². The van der Waals surface area contributed by atoms with Crippen molar-refractivity contribution < 1.29 is 0 Å². The van der Waals surface area contributed by atoms with Crippen LogP contribution in [0.15, 0.2) is 36.9 Å². The molecular formula is C14H18N4S. The van der Waals surface area contributed by atoms with Crippen molar-refractivity contribution in [3.8, 4) is 0 Å². The van der Waals surface area contributed by atoms with Crippen LogP contribution in [0.2, 0.25) is 0 Å². The van der Waals surface area contributed by atoms with Crippen LogP contribution in [0, 0.1) is 0 Å². The van der Waals surface area contributed by atoms with Crippen molar-refractivity contribution in [3.63, 3.8) is 0 Å². The first-order valence-corrected chi connectivity index (χ1v) is 7.81. The summed E-state index contributed by atoms with van der Waals surface area (Å²) >= 11 is 2.05. The summed E-state index contributed by atoms with van der Waals surface area (Å²) in [5, 5.41) is 7.77. The van der Waals surface area contributed by atoms with Gasteiger partial charge in [-0.25, -0.2) is 9.67 Å². The smallest absolute Gasteiger partial charge is 0.137 e. The van der Waals surface area contributed by atoms with Gasteiger partial charge in [0.05, 0.1) is 6.54 Å². The van der Waals surface area contributed by atoms with E-state index in [0.29, 0.717) is 6.04 Å². The number of hydrogen-bond donors (Lipinski definition) is 1. The van der Waals surface area contributed by atoms with Crippen LogP contribution in [0.25, 0.3) is 0 Å². The number of aromatic nitrogens is 3. The third-order valence-corrected chi connectivity index (χ3v) is 4.48. The first-order valence-electron chi connectivity index (χ1n) is 6.66. The van der Waals surface area contributed by atoms with Crippen LogP contribution in [0.4, 0.5) is 5.69 Å². The van der Waals surface area contributed by atoms with E-state index >= 15 is 0 Å². The Morgan fingerprint density at radius 2 is 2.42 bits per heavy atom. The standard InChI is InChI=1S/C14H18N4S/c1-3-12(8-18-11-15-10-16-18)7-13(4-1)17-14-5-2-6-19-9-14/h1,3-4,7,10-11,14,17H,2,5-6,8-9H2. The summed E-state index contributed by atoms with van der Waals surface area (Å²) in [5.41, 5.74) is 2.46. The van der Waals surface area contributed by atoms with Crippen molar-refractivity contribution in [3.05, 3.63) is 42.5 Å². The average molecular weight is 274 g/mol. The molecule has 5 heteroatoms. The number of anilines is 1. The fourth-order valence-electron chi connectivity index (χ4n) is 2.35. The van der Waals surface area contributed by atoms with E-state index in [4.69, 9.17) is 0 Å². The molecule has 1 aliphatic rings. The molecule has 2 aromatic rings. The summed E-state index contributed by atoms with van der Waals surface area (Å²) in [4.78, 5) is 3.97. The zero-order chi connectivity index (χ0) is 12.9. The topological polar surface area (TPSA) is 42.7 Å². The molecule has 1 atom stereocenters. The van der Waals surface area contributed by atoms with Crippen LogP contribution in [-0.4, -0.2) is 32.3 Å². The van der Waals surface area contributed by atoms with Crippen molar-refractivity contribution in [1.82, 2.24) is 14.8 Å². The highest BCUT2D eigenvalue weighted by molar-refractivity contribution is 7.99. The largest absolute Gasteiger partial charge is 0.381 e. The number of hydrogen-bond acceptors (Lipinski definition) is 4. The average Bonchev–Trinajstić information content (AvgIpc) is 2.93. The Kier molecular flexibility index (Phi) is 4.03. The minimum absolute atomic E-state index is 0.611. The molecule has 0 radical (unpaired) electrons. The minimum Gasteiger partial charge on any atom is -0.381 e. The molecule has 4 nitrogen and oxygen atoms in total. The van der Waals surface area contributed by atoms with Crippen LogP contribution in [0.1, 0.15) is 18.4 Å². The van der Waals surface area contributed by atoms with Crippen LogP contribution in [0.3, 0.4) is 0 Å². The summed E-state index contributed by atoms with van der Waals surface area (Å²) in [6.45, 7) is 0.773. The highest BCUT2D eigenvalue weighted by Crippen LogP contribution is 2.21. The lowest BCUT2D eigenvalue weighted by Crippen LogP contribution is -2.25. The molecule has 1 N–H and O–H groups in total. The van der Waals surface area contributed by atoms with Crippen molar-refractivity contribution >= 4 is 17.4 Å². The van der Waals surface area contributed by atoms with Crippen LogP contribution >= 0.6 is 11.8 Å². The molecule has 3 rings (SSSR count). The molecule has 1 aromatic carbocycles. The zero-order valence-corrected chi connectivity index (χ0v) is 11.6. The van der Waals surface area contributed by atoms with E-state index < -0.39 is 0 Å². The van der Waals surface area contributed by atoms with Crippen molar-refractivity contribution in [2.45, 2.75) is 25.4 Å². The number of benzene rings is 1. The maximum Gasteiger partial charge on any atom is 0.137 e. The second-order valence-electron chi connectivity index (χ2n) is 4.85. The number of nitrogens with zero attached hydrogens (tertiary/aromatic N) is 3. The molecule has 0 bridgehead atoms. The molecule has 0 aliphatic carbocycles. The zero-order valence-electron chi connectivity index (χ0n) is 10.8. The Balaban J connectivity index is 1.65. The molecule has 0 saturated carbocycles. The lowest BCUT2D eigenvalue weighted by molar-refractivity contribution is 0.679. The summed E-state index contributed by atoms with van der Waals surface area (Å²) in [7, 11) is 0. The highest BCUT2D eigenvalue weighted by Gasteiger charge is 2.13. The predicted molar refractivity (Wildman–Crippen MR) is 79.5 cm³/mol. The van der Waals surface area contributed by atoms with Gasteiger partial charge in [0.25, 0.3) is 0 Å². The fraction of sp³-hybridized carbons (Fsp3) is 0.429. The third-order valence-electron chi connectivity index (χ3n) is 3.27. The van der Waals surface area contributed by atoms with Gasteiger partial charge in [-0.05, 0) is 36.3 Å². The monoisotopic (exact) mass is 274 g/mol.